The maximum atomic E-state index is 13.0. The summed E-state index contributed by atoms with van der Waals surface area (Å²) >= 11 is 0. The number of carbonyl (C=O) groups is 2. The molecule has 138 valence electrons. The van der Waals surface area contributed by atoms with Crippen LogP contribution in [-0.4, -0.2) is 34.7 Å². The van der Waals surface area contributed by atoms with Gasteiger partial charge in [-0.15, -0.1) is 0 Å². The van der Waals surface area contributed by atoms with E-state index in [1.165, 1.54) is 29.2 Å². The number of anilines is 1. The molecule has 27 heavy (non-hydrogen) atoms. The lowest BCUT2D eigenvalue weighted by Crippen LogP contribution is -2.39. The number of rotatable bonds is 5. The van der Waals surface area contributed by atoms with E-state index in [1.807, 2.05) is 30.3 Å². The van der Waals surface area contributed by atoms with Gasteiger partial charge in [0.1, 0.15) is 5.70 Å². The summed E-state index contributed by atoms with van der Waals surface area (Å²) in [5, 5.41) is 10.9. The highest BCUT2D eigenvalue weighted by Crippen LogP contribution is 2.34. The van der Waals surface area contributed by atoms with Crippen LogP contribution < -0.4 is 4.90 Å². The topological polar surface area (TPSA) is 83.8 Å². The number of benzene rings is 2. The predicted octanol–water partition coefficient (Wildman–Crippen LogP) is 3.22. The van der Waals surface area contributed by atoms with Crippen LogP contribution in [0.25, 0.3) is 5.57 Å². The fourth-order valence-corrected chi connectivity index (χ4v) is 3.11. The van der Waals surface area contributed by atoms with Crippen molar-refractivity contribution in [3.63, 3.8) is 0 Å². The minimum atomic E-state index is -0.503. The van der Waals surface area contributed by atoms with E-state index in [4.69, 9.17) is 0 Å². The second-order valence-corrected chi connectivity index (χ2v) is 6.50. The van der Waals surface area contributed by atoms with Crippen LogP contribution in [0.4, 0.5) is 11.4 Å². The van der Waals surface area contributed by atoms with Crippen molar-refractivity contribution in [2.75, 3.05) is 11.9 Å². The molecular formula is C20H19N3O4. The summed E-state index contributed by atoms with van der Waals surface area (Å²) < 4.78 is 0. The molecule has 0 radical (unpaired) electrons. The molecule has 0 aliphatic carbocycles. The maximum Gasteiger partial charge on any atom is 0.278 e. The third kappa shape index (κ3) is 3.19. The molecule has 2 aromatic rings. The molecule has 7 nitrogen and oxygen atoms in total. The van der Waals surface area contributed by atoms with Crippen LogP contribution in [0.2, 0.25) is 0 Å². The lowest BCUT2D eigenvalue weighted by Gasteiger charge is -2.23. The molecule has 0 bridgehead atoms. The molecule has 0 fully saturated rings. The van der Waals surface area contributed by atoms with Gasteiger partial charge in [-0.25, -0.2) is 0 Å². The van der Waals surface area contributed by atoms with Crippen molar-refractivity contribution < 1.29 is 14.5 Å². The predicted molar refractivity (Wildman–Crippen MR) is 102 cm³/mol. The Hall–Kier alpha value is -3.48. The molecular weight excluding hydrogens is 346 g/mol. The molecule has 0 unspecified atom stereocenters. The molecule has 1 heterocycles. The van der Waals surface area contributed by atoms with E-state index >= 15 is 0 Å². The number of imide groups is 1. The van der Waals surface area contributed by atoms with Crippen LogP contribution in [0.3, 0.4) is 0 Å². The van der Waals surface area contributed by atoms with Gasteiger partial charge in [-0.05, 0) is 43.7 Å². The fraction of sp³-hybridized carbons (Fsp3) is 0.200. The Labute approximate surface area is 156 Å². The largest absolute Gasteiger partial charge is 0.339 e. The molecule has 2 amide bonds. The van der Waals surface area contributed by atoms with Crippen molar-refractivity contribution in [1.29, 1.82) is 0 Å². The number of nitro groups is 1. The molecule has 0 aromatic heterocycles. The standard InChI is InChI=1S/C20H19N3O4/c1-13(2)22-19(24)17(14-9-11-16(12-10-14)23(26)27)18(20(22)25)21(3)15-7-5-4-6-8-15/h4-13H,1-3H3. The lowest BCUT2D eigenvalue weighted by atomic mass is 10.0. The van der Waals surface area contributed by atoms with Crippen molar-refractivity contribution in [2.24, 2.45) is 0 Å². The first-order valence-corrected chi connectivity index (χ1v) is 8.48. The quantitative estimate of drug-likeness (QED) is 0.461. The fourth-order valence-electron chi connectivity index (χ4n) is 3.11. The first kappa shape index (κ1) is 18.3. The normalized spacial score (nSPS) is 14.3. The van der Waals surface area contributed by atoms with E-state index in [1.54, 1.807) is 25.8 Å². The zero-order chi connectivity index (χ0) is 19.7. The van der Waals surface area contributed by atoms with Crippen molar-refractivity contribution in [1.82, 2.24) is 4.90 Å². The van der Waals surface area contributed by atoms with Gasteiger partial charge in [0.25, 0.3) is 17.5 Å². The number of nitrogens with zero attached hydrogens (tertiary/aromatic N) is 3. The molecule has 0 atom stereocenters. The van der Waals surface area contributed by atoms with Gasteiger partial charge in [0, 0.05) is 30.9 Å². The summed E-state index contributed by atoms with van der Waals surface area (Å²) in [5.41, 5.74) is 1.66. The Bertz CT molecular complexity index is 933. The third-order valence-corrected chi connectivity index (χ3v) is 4.45. The number of para-hydroxylation sites is 1. The smallest absolute Gasteiger partial charge is 0.278 e. The first-order chi connectivity index (χ1) is 12.8. The Kier molecular flexibility index (Phi) is 4.77. The minimum absolute atomic E-state index is 0.0743. The maximum absolute atomic E-state index is 13.0. The van der Waals surface area contributed by atoms with Crippen LogP contribution in [0, 0.1) is 10.1 Å². The zero-order valence-corrected chi connectivity index (χ0v) is 15.2. The average Bonchev–Trinajstić information content (AvgIpc) is 2.92. The van der Waals surface area contributed by atoms with Crippen LogP contribution in [-0.2, 0) is 9.59 Å². The van der Waals surface area contributed by atoms with Crippen LogP contribution in [0.15, 0.2) is 60.3 Å². The number of non-ortho nitro benzene ring substituents is 1. The summed E-state index contributed by atoms with van der Waals surface area (Å²) in [6.45, 7) is 3.55. The van der Waals surface area contributed by atoms with Gasteiger partial charge in [-0.2, -0.15) is 0 Å². The molecule has 3 rings (SSSR count). The highest BCUT2D eigenvalue weighted by Gasteiger charge is 2.42. The van der Waals surface area contributed by atoms with E-state index in [0.717, 1.165) is 5.69 Å². The van der Waals surface area contributed by atoms with Gasteiger partial charge < -0.3 is 4.90 Å². The summed E-state index contributed by atoms with van der Waals surface area (Å²) in [5.74, 6) is -0.781. The number of carbonyl (C=O) groups excluding carboxylic acids is 2. The van der Waals surface area contributed by atoms with Crippen molar-refractivity contribution in [2.45, 2.75) is 19.9 Å². The summed E-state index contributed by atoms with van der Waals surface area (Å²) in [7, 11) is 1.73. The van der Waals surface area contributed by atoms with Crippen molar-refractivity contribution in [3.05, 3.63) is 76.0 Å². The highest BCUT2D eigenvalue weighted by atomic mass is 16.6. The Morgan fingerprint density at radius 1 is 0.963 bits per heavy atom. The van der Waals surface area contributed by atoms with E-state index in [-0.39, 0.29) is 28.9 Å². The zero-order valence-electron chi connectivity index (χ0n) is 15.2. The minimum Gasteiger partial charge on any atom is -0.339 e. The summed E-state index contributed by atoms with van der Waals surface area (Å²) in [6, 6.07) is 14.6. The van der Waals surface area contributed by atoms with Gasteiger partial charge in [-0.1, -0.05) is 18.2 Å². The Balaban J connectivity index is 2.16. The third-order valence-electron chi connectivity index (χ3n) is 4.45. The first-order valence-electron chi connectivity index (χ1n) is 8.48. The molecule has 1 aliphatic heterocycles. The van der Waals surface area contributed by atoms with Crippen LogP contribution >= 0.6 is 0 Å². The SMILES string of the molecule is CC(C)N1C(=O)C(c2ccc([N+](=O)[O-])cc2)=C(N(C)c2ccccc2)C1=O. The number of amides is 2. The number of nitro benzene ring substituents is 1. The van der Waals surface area contributed by atoms with Gasteiger partial charge >= 0.3 is 0 Å². The Morgan fingerprint density at radius 3 is 2.07 bits per heavy atom. The summed E-state index contributed by atoms with van der Waals surface area (Å²) in [4.78, 5) is 39.3. The van der Waals surface area contributed by atoms with Gasteiger partial charge in [0.2, 0.25) is 0 Å². The van der Waals surface area contributed by atoms with E-state index in [9.17, 15) is 19.7 Å². The van der Waals surface area contributed by atoms with Gasteiger partial charge in [-0.3, -0.25) is 24.6 Å². The molecule has 1 aliphatic rings. The van der Waals surface area contributed by atoms with E-state index in [2.05, 4.69) is 0 Å². The molecule has 2 aromatic carbocycles. The van der Waals surface area contributed by atoms with Crippen molar-refractivity contribution >= 4 is 28.8 Å². The summed E-state index contributed by atoms with van der Waals surface area (Å²) in [6.07, 6.45) is 0. The van der Waals surface area contributed by atoms with Crippen LogP contribution in [0.5, 0.6) is 0 Å². The second kappa shape index (κ2) is 7.03. The molecule has 0 spiro atoms. The number of hydrogen-bond acceptors (Lipinski definition) is 5. The van der Waals surface area contributed by atoms with Gasteiger partial charge in [0.05, 0.1) is 10.5 Å². The molecule has 0 saturated heterocycles. The monoisotopic (exact) mass is 365 g/mol. The average molecular weight is 365 g/mol. The van der Waals surface area contributed by atoms with Crippen molar-refractivity contribution in [3.8, 4) is 0 Å². The van der Waals surface area contributed by atoms with E-state index in [0.29, 0.717) is 5.56 Å². The number of likely N-dealkylation sites (N-methyl/N-ethyl adjacent to an activating group) is 1. The van der Waals surface area contributed by atoms with Crippen LogP contribution in [0.1, 0.15) is 19.4 Å². The van der Waals surface area contributed by atoms with E-state index < -0.39 is 10.8 Å². The Morgan fingerprint density at radius 2 is 1.56 bits per heavy atom. The highest BCUT2D eigenvalue weighted by molar-refractivity contribution is 6.36. The second-order valence-electron chi connectivity index (χ2n) is 6.50. The van der Waals surface area contributed by atoms with Gasteiger partial charge in [0.15, 0.2) is 0 Å². The molecule has 7 heteroatoms. The number of hydrogen-bond donors (Lipinski definition) is 0. The molecule has 0 saturated carbocycles. The molecule has 0 N–H and O–H groups in total. The lowest BCUT2D eigenvalue weighted by molar-refractivity contribution is -0.384.